The van der Waals surface area contributed by atoms with Crippen LogP contribution in [-0.4, -0.2) is 24.5 Å². The van der Waals surface area contributed by atoms with Crippen molar-refractivity contribution in [2.45, 2.75) is 71.6 Å². The van der Waals surface area contributed by atoms with Crippen LogP contribution in [0.1, 0.15) is 67.0 Å². The van der Waals surface area contributed by atoms with Crippen LogP contribution in [0.2, 0.25) is 0 Å². The van der Waals surface area contributed by atoms with Crippen LogP contribution >= 0.6 is 0 Å². The van der Waals surface area contributed by atoms with Gasteiger partial charge in [-0.15, -0.1) is 13.2 Å². The normalized spacial score (nSPS) is 17.7. The predicted molar refractivity (Wildman–Crippen MR) is 145 cm³/mol. The summed E-state index contributed by atoms with van der Waals surface area (Å²) >= 11 is 0. The molecule has 1 saturated carbocycles. The Hall–Kier alpha value is -3.52. The molecule has 3 atom stereocenters. The van der Waals surface area contributed by atoms with E-state index in [0.717, 1.165) is 34.2 Å². The van der Waals surface area contributed by atoms with E-state index in [4.69, 9.17) is 14.2 Å². The summed E-state index contributed by atoms with van der Waals surface area (Å²) in [6.07, 6.45) is -4.19. The molecule has 3 unspecified atom stereocenters. The van der Waals surface area contributed by atoms with Crippen LogP contribution in [0.4, 0.5) is 13.2 Å². The van der Waals surface area contributed by atoms with Crippen LogP contribution < -0.4 is 9.47 Å². The molecule has 0 N–H and O–H groups in total. The van der Waals surface area contributed by atoms with E-state index in [1.807, 2.05) is 44.2 Å². The van der Waals surface area contributed by atoms with Crippen molar-refractivity contribution in [2.24, 2.45) is 5.92 Å². The number of alkyl halides is 3. The second-order valence-corrected chi connectivity index (χ2v) is 10.7. The number of benzene rings is 3. The quantitative estimate of drug-likeness (QED) is 0.224. The molecule has 5 nitrogen and oxygen atoms in total. The lowest BCUT2D eigenvalue weighted by Gasteiger charge is -2.26. The van der Waals surface area contributed by atoms with Crippen molar-refractivity contribution in [1.82, 2.24) is 0 Å². The molecular weight excluding hydrogens is 521 g/mol. The van der Waals surface area contributed by atoms with Gasteiger partial charge in [0.25, 0.3) is 0 Å². The smallest absolute Gasteiger partial charge is 0.476 e. The first-order valence-corrected chi connectivity index (χ1v) is 13.4. The maximum Gasteiger partial charge on any atom is 0.573 e. The molecule has 3 aromatic rings. The number of ether oxygens (including phenoxy) is 4. The van der Waals surface area contributed by atoms with Crippen LogP contribution in [0.5, 0.6) is 11.5 Å². The Labute approximate surface area is 233 Å². The van der Waals surface area contributed by atoms with Crippen molar-refractivity contribution < 1.29 is 36.9 Å². The fourth-order valence-corrected chi connectivity index (χ4v) is 4.98. The molecule has 0 bridgehead atoms. The monoisotopic (exact) mass is 556 g/mol. The molecule has 0 radical (unpaired) electrons. The maximum atomic E-state index is 12.7. The molecule has 4 rings (SSSR count). The fraction of sp³-hybridized carbons (Fsp3) is 0.406. The second kappa shape index (κ2) is 11.9. The van der Waals surface area contributed by atoms with E-state index in [-0.39, 0.29) is 30.3 Å². The number of hydrogen-bond acceptors (Lipinski definition) is 5. The average Bonchev–Trinajstić information content (AvgIpc) is 3.68. The number of hydrogen-bond donors (Lipinski definition) is 0. The highest BCUT2D eigenvalue weighted by atomic mass is 19.4. The SMILES string of the molecule is CCOC(=O)C(C)(C)Oc1c(C)cc(C2CC2C(OCc2ccccc2)c2ccc(OC(F)(F)F)cc2)cc1C. The number of carbonyl (C=O) groups excluding carboxylic acids is 1. The van der Waals surface area contributed by atoms with Gasteiger partial charge in [-0.05, 0) is 92.8 Å². The third kappa shape index (κ3) is 7.36. The van der Waals surface area contributed by atoms with Crippen LogP contribution in [0.25, 0.3) is 0 Å². The number of halogens is 3. The van der Waals surface area contributed by atoms with Crippen LogP contribution in [0.3, 0.4) is 0 Å². The van der Waals surface area contributed by atoms with Gasteiger partial charge in [0.1, 0.15) is 11.5 Å². The average molecular weight is 557 g/mol. The van der Waals surface area contributed by atoms with Crippen LogP contribution in [0.15, 0.2) is 66.7 Å². The van der Waals surface area contributed by atoms with E-state index in [2.05, 4.69) is 16.9 Å². The first-order valence-electron chi connectivity index (χ1n) is 13.4. The third-order valence-electron chi connectivity index (χ3n) is 6.98. The highest BCUT2D eigenvalue weighted by Gasteiger charge is 2.46. The maximum absolute atomic E-state index is 12.7. The summed E-state index contributed by atoms with van der Waals surface area (Å²) in [6.45, 7) is 9.69. The Morgan fingerprint density at radius 2 is 1.57 bits per heavy atom. The van der Waals surface area contributed by atoms with Gasteiger partial charge >= 0.3 is 12.3 Å². The molecule has 214 valence electrons. The molecule has 0 aromatic heterocycles. The van der Waals surface area contributed by atoms with Gasteiger partial charge in [0.15, 0.2) is 5.60 Å². The van der Waals surface area contributed by atoms with Gasteiger partial charge < -0.3 is 18.9 Å². The molecule has 3 aromatic carbocycles. The predicted octanol–water partition coefficient (Wildman–Crippen LogP) is 7.98. The van der Waals surface area contributed by atoms with Crippen molar-refractivity contribution in [1.29, 1.82) is 0 Å². The van der Waals surface area contributed by atoms with E-state index in [0.29, 0.717) is 12.4 Å². The van der Waals surface area contributed by atoms with Crippen molar-refractivity contribution in [3.63, 3.8) is 0 Å². The van der Waals surface area contributed by atoms with Gasteiger partial charge in [-0.2, -0.15) is 0 Å². The van der Waals surface area contributed by atoms with Crippen molar-refractivity contribution in [2.75, 3.05) is 6.61 Å². The Morgan fingerprint density at radius 3 is 2.15 bits per heavy atom. The van der Waals surface area contributed by atoms with Gasteiger partial charge in [0, 0.05) is 0 Å². The number of aryl methyl sites for hydroxylation is 2. The highest BCUT2D eigenvalue weighted by molar-refractivity contribution is 5.79. The third-order valence-corrected chi connectivity index (χ3v) is 6.98. The summed E-state index contributed by atoms with van der Waals surface area (Å²) in [4.78, 5) is 12.4. The van der Waals surface area contributed by atoms with Crippen molar-refractivity contribution in [3.05, 3.63) is 94.5 Å². The largest absolute Gasteiger partial charge is 0.573 e. The first-order chi connectivity index (χ1) is 18.9. The van der Waals surface area contributed by atoms with Crippen LogP contribution in [-0.2, 0) is 20.9 Å². The molecule has 0 spiro atoms. The summed E-state index contributed by atoms with van der Waals surface area (Å²) in [5.41, 5.74) is 3.63. The van der Waals surface area contributed by atoms with Crippen molar-refractivity contribution >= 4 is 5.97 Å². The summed E-state index contributed by atoms with van der Waals surface area (Å²) in [7, 11) is 0. The molecule has 40 heavy (non-hydrogen) atoms. The van der Waals surface area contributed by atoms with E-state index >= 15 is 0 Å². The van der Waals surface area contributed by atoms with Gasteiger partial charge in [-0.3, -0.25) is 0 Å². The zero-order chi connectivity index (χ0) is 29.1. The Kier molecular flexibility index (Phi) is 8.78. The second-order valence-electron chi connectivity index (χ2n) is 10.7. The molecular formula is C32H35F3O5. The van der Waals surface area contributed by atoms with Gasteiger partial charge in [-0.1, -0.05) is 54.6 Å². The molecule has 0 amide bonds. The molecule has 0 aliphatic heterocycles. The highest BCUT2D eigenvalue weighted by Crippen LogP contribution is 2.56. The summed E-state index contributed by atoms with van der Waals surface area (Å²) in [5, 5.41) is 0. The number of rotatable bonds is 11. The zero-order valence-corrected chi connectivity index (χ0v) is 23.4. The van der Waals surface area contributed by atoms with Gasteiger partial charge in [-0.25, -0.2) is 4.79 Å². The lowest BCUT2D eigenvalue weighted by atomic mass is 9.97. The zero-order valence-electron chi connectivity index (χ0n) is 23.4. The Bertz CT molecular complexity index is 1280. The number of esters is 1. The molecule has 1 fully saturated rings. The lowest BCUT2D eigenvalue weighted by molar-refractivity contribution is -0.274. The lowest BCUT2D eigenvalue weighted by Crippen LogP contribution is -2.40. The summed E-state index contributed by atoms with van der Waals surface area (Å²) in [5.74, 6) is 0.301. The van der Waals surface area contributed by atoms with E-state index in [9.17, 15) is 18.0 Å². The molecule has 0 saturated heterocycles. The van der Waals surface area contributed by atoms with E-state index in [1.165, 1.54) is 12.1 Å². The fourth-order valence-electron chi connectivity index (χ4n) is 4.98. The molecule has 1 aliphatic rings. The van der Waals surface area contributed by atoms with Crippen LogP contribution in [0, 0.1) is 19.8 Å². The minimum absolute atomic E-state index is 0.139. The standard InChI is InChI=1S/C32H35F3O5/c1-6-37-30(36)31(4,5)40-28-20(2)16-24(17-21(28)3)26-18-27(26)29(38-19-22-10-8-7-9-11-22)23-12-14-25(15-13-23)39-32(33,34)35/h7-17,26-27,29H,6,18-19H2,1-5H3. The van der Waals surface area contributed by atoms with E-state index < -0.39 is 17.9 Å². The number of carbonyl (C=O) groups is 1. The Morgan fingerprint density at radius 1 is 0.950 bits per heavy atom. The molecule has 0 heterocycles. The van der Waals surface area contributed by atoms with Gasteiger partial charge in [0.05, 0.1) is 19.3 Å². The molecule has 1 aliphatic carbocycles. The van der Waals surface area contributed by atoms with Gasteiger partial charge in [0.2, 0.25) is 0 Å². The summed E-state index contributed by atoms with van der Waals surface area (Å²) in [6, 6.07) is 19.8. The topological polar surface area (TPSA) is 54.0 Å². The minimum atomic E-state index is -4.75. The Balaban J connectivity index is 1.54. The minimum Gasteiger partial charge on any atom is -0.476 e. The first kappa shape index (κ1) is 29.5. The molecule has 8 heteroatoms. The van der Waals surface area contributed by atoms with E-state index in [1.54, 1.807) is 32.9 Å². The summed E-state index contributed by atoms with van der Waals surface area (Å²) < 4.78 is 59.7. The van der Waals surface area contributed by atoms with Crippen molar-refractivity contribution in [3.8, 4) is 11.5 Å².